The van der Waals surface area contributed by atoms with Crippen LogP contribution in [-0.2, 0) is 0 Å². The van der Waals surface area contributed by atoms with E-state index < -0.39 is 0 Å². The van der Waals surface area contributed by atoms with Crippen LogP contribution in [0.15, 0.2) is 17.5 Å². The Labute approximate surface area is 110 Å². The van der Waals surface area contributed by atoms with Gasteiger partial charge in [0, 0.05) is 17.0 Å². The summed E-state index contributed by atoms with van der Waals surface area (Å²) >= 11 is 1.86. The van der Waals surface area contributed by atoms with Crippen molar-refractivity contribution in [2.75, 3.05) is 0 Å². The summed E-state index contributed by atoms with van der Waals surface area (Å²) in [7, 11) is 0. The number of nitrogens with one attached hydrogen (secondary N) is 1. The minimum Gasteiger partial charge on any atom is -0.306 e. The average molecular weight is 251 g/mol. The van der Waals surface area contributed by atoms with Crippen molar-refractivity contribution >= 4 is 11.3 Å². The summed E-state index contributed by atoms with van der Waals surface area (Å²) in [6.07, 6.45) is 4.03. The van der Waals surface area contributed by atoms with Crippen LogP contribution in [0.1, 0.15) is 57.9 Å². The van der Waals surface area contributed by atoms with Crippen LogP contribution in [0.2, 0.25) is 0 Å². The number of rotatable bonds is 3. The first kappa shape index (κ1) is 13.1. The van der Waals surface area contributed by atoms with Crippen LogP contribution >= 0.6 is 11.3 Å². The lowest BCUT2D eigenvalue weighted by atomic mass is 9.70. The Morgan fingerprint density at radius 1 is 1.47 bits per heavy atom. The van der Waals surface area contributed by atoms with Crippen LogP contribution in [0.3, 0.4) is 0 Å². The molecule has 2 unspecified atom stereocenters. The molecular formula is C15H25NS. The first-order chi connectivity index (χ1) is 7.98. The van der Waals surface area contributed by atoms with E-state index in [9.17, 15) is 0 Å². The molecule has 0 aliphatic heterocycles. The maximum atomic E-state index is 3.82. The van der Waals surface area contributed by atoms with Gasteiger partial charge in [-0.2, -0.15) is 0 Å². The van der Waals surface area contributed by atoms with Gasteiger partial charge in [0.05, 0.1) is 0 Å². The zero-order valence-corrected chi connectivity index (χ0v) is 12.3. The Balaban J connectivity index is 1.92. The highest BCUT2D eigenvalue weighted by Crippen LogP contribution is 2.39. The molecule has 0 spiro atoms. The molecule has 1 aliphatic carbocycles. The molecule has 1 aromatic rings. The van der Waals surface area contributed by atoms with Crippen LogP contribution in [0.4, 0.5) is 0 Å². The highest BCUT2D eigenvalue weighted by Gasteiger charge is 2.32. The minimum absolute atomic E-state index is 0.503. The Bertz CT molecular complexity index is 342. The van der Waals surface area contributed by atoms with E-state index in [1.54, 1.807) is 0 Å². The van der Waals surface area contributed by atoms with Crippen molar-refractivity contribution in [3.63, 3.8) is 0 Å². The molecule has 1 aromatic heterocycles. The molecule has 0 radical (unpaired) electrons. The van der Waals surface area contributed by atoms with Crippen LogP contribution in [-0.4, -0.2) is 6.04 Å². The second kappa shape index (κ2) is 5.11. The lowest BCUT2D eigenvalue weighted by molar-refractivity contribution is 0.143. The van der Waals surface area contributed by atoms with Gasteiger partial charge < -0.3 is 5.32 Å². The van der Waals surface area contributed by atoms with E-state index in [0.717, 1.165) is 5.92 Å². The fraction of sp³-hybridized carbons (Fsp3) is 0.733. The van der Waals surface area contributed by atoms with Crippen LogP contribution in [0.25, 0.3) is 0 Å². The highest BCUT2D eigenvalue weighted by molar-refractivity contribution is 7.10. The van der Waals surface area contributed by atoms with Crippen molar-refractivity contribution in [2.24, 2.45) is 11.3 Å². The summed E-state index contributed by atoms with van der Waals surface area (Å²) < 4.78 is 0. The summed E-state index contributed by atoms with van der Waals surface area (Å²) in [6, 6.07) is 5.58. The second-order valence-corrected chi connectivity index (χ2v) is 7.37. The molecule has 2 rings (SSSR count). The first-order valence-corrected chi connectivity index (χ1v) is 7.65. The molecule has 0 bridgehead atoms. The van der Waals surface area contributed by atoms with Crippen LogP contribution in [0, 0.1) is 11.3 Å². The fourth-order valence-corrected chi connectivity index (χ4v) is 3.88. The monoisotopic (exact) mass is 251 g/mol. The van der Waals surface area contributed by atoms with Crippen LogP contribution in [0.5, 0.6) is 0 Å². The van der Waals surface area contributed by atoms with Crippen LogP contribution < -0.4 is 5.32 Å². The third kappa shape index (κ3) is 3.32. The molecule has 1 N–H and O–H groups in total. The van der Waals surface area contributed by atoms with Gasteiger partial charge in [0.15, 0.2) is 0 Å². The van der Waals surface area contributed by atoms with E-state index in [1.165, 1.54) is 24.1 Å². The molecule has 0 saturated heterocycles. The van der Waals surface area contributed by atoms with E-state index >= 15 is 0 Å². The Morgan fingerprint density at radius 3 is 2.82 bits per heavy atom. The molecule has 1 heterocycles. The lowest BCUT2D eigenvalue weighted by Gasteiger charge is -2.40. The van der Waals surface area contributed by atoms with E-state index in [-0.39, 0.29) is 0 Å². The molecule has 1 aliphatic rings. The van der Waals surface area contributed by atoms with E-state index in [2.05, 4.69) is 50.5 Å². The molecule has 3 atom stereocenters. The Hall–Kier alpha value is -0.340. The zero-order chi connectivity index (χ0) is 12.5. The molecular weight excluding hydrogens is 226 g/mol. The van der Waals surface area contributed by atoms with Gasteiger partial charge in [0.2, 0.25) is 0 Å². The summed E-state index contributed by atoms with van der Waals surface area (Å²) in [5.41, 5.74) is 0.545. The lowest BCUT2D eigenvalue weighted by Crippen LogP contribution is -2.42. The van der Waals surface area contributed by atoms with Crippen molar-refractivity contribution in [2.45, 2.75) is 59.0 Å². The third-order valence-corrected chi connectivity index (χ3v) is 5.18. The predicted octanol–water partition coefficient (Wildman–Crippen LogP) is 4.61. The summed E-state index contributed by atoms with van der Waals surface area (Å²) in [4.78, 5) is 1.46. The fourth-order valence-electron chi connectivity index (χ4n) is 3.14. The highest BCUT2D eigenvalue weighted by atomic mass is 32.1. The van der Waals surface area contributed by atoms with Gasteiger partial charge in [0.1, 0.15) is 0 Å². The maximum Gasteiger partial charge on any atom is 0.0388 e. The molecule has 1 fully saturated rings. The summed E-state index contributed by atoms with van der Waals surface area (Å²) in [5, 5.41) is 5.99. The van der Waals surface area contributed by atoms with Gasteiger partial charge in [-0.05, 0) is 49.0 Å². The SMILES string of the molecule is CC1CC(C)(C)CCC1N[C@@H](C)c1cccs1. The van der Waals surface area contributed by atoms with Gasteiger partial charge in [-0.1, -0.05) is 26.8 Å². The molecule has 17 heavy (non-hydrogen) atoms. The summed E-state index contributed by atoms with van der Waals surface area (Å²) in [6.45, 7) is 9.50. The topological polar surface area (TPSA) is 12.0 Å². The van der Waals surface area contributed by atoms with E-state index in [4.69, 9.17) is 0 Å². The quantitative estimate of drug-likeness (QED) is 0.827. The van der Waals surface area contributed by atoms with Crippen molar-refractivity contribution in [3.05, 3.63) is 22.4 Å². The zero-order valence-electron chi connectivity index (χ0n) is 11.5. The second-order valence-electron chi connectivity index (χ2n) is 6.39. The van der Waals surface area contributed by atoms with Gasteiger partial charge in [-0.15, -0.1) is 11.3 Å². The van der Waals surface area contributed by atoms with Gasteiger partial charge >= 0.3 is 0 Å². The van der Waals surface area contributed by atoms with Gasteiger partial charge in [0.25, 0.3) is 0 Å². The first-order valence-electron chi connectivity index (χ1n) is 6.77. The minimum atomic E-state index is 0.503. The molecule has 2 heteroatoms. The number of thiophene rings is 1. The van der Waals surface area contributed by atoms with Crippen molar-refractivity contribution in [1.82, 2.24) is 5.32 Å². The molecule has 96 valence electrons. The molecule has 1 saturated carbocycles. The molecule has 0 amide bonds. The Kier molecular flexibility index (Phi) is 3.94. The van der Waals surface area contributed by atoms with E-state index in [0.29, 0.717) is 17.5 Å². The largest absolute Gasteiger partial charge is 0.306 e. The standard InChI is InChI=1S/C15H25NS/c1-11-10-15(3,4)8-7-13(11)16-12(2)14-6-5-9-17-14/h5-6,9,11-13,16H,7-8,10H2,1-4H3/t11?,12-,13?/m0/s1. The third-order valence-electron chi connectivity index (χ3n) is 4.13. The average Bonchev–Trinajstić information content (AvgIpc) is 2.74. The Morgan fingerprint density at radius 2 is 2.24 bits per heavy atom. The number of hydrogen-bond donors (Lipinski definition) is 1. The molecule has 1 nitrogen and oxygen atoms in total. The maximum absolute atomic E-state index is 3.82. The smallest absolute Gasteiger partial charge is 0.0388 e. The number of hydrogen-bond acceptors (Lipinski definition) is 2. The summed E-state index contributed by atoms with van der Waals surface area (Å²) in [5.74, 6) is 0.793. The van der Waals surface area contributed by atoms with Crippen molar-refractivity contribution < 1.29 is 0 Å². The van der Waals surface area contributed by atoms with Gasteiger partial charge in [-0.3, -0.25) is 0 Å². The normalized spacial score (nSPS) is 30.1. The predicted molar refractivity (Wildman–Crippen MR) is 76.5 cm³/mol. The van der Waals surface area contributed by atoms with Gasteiger partial charge in [-0.25, -0.2) is 0 Å². The van der Waals surface area contributed by atoms with Crippen molar-refractivity contribution in [3.8, 4) is 0 Å². The molecule has 0 aromatic carbocycles. The van der Waals surface area contributed by atoms with E-state index in [1.807, 2.05) is 11.3 Å². The van der Waals surface area contributed by atoms with Crippen molar-refractivity contribution in [1.29, 1.82) is 0 Å².